The molecule has 1 N–H and O–H groups in total. The lowest BCUT2D eigenvalue weighted by molar-refractivity contribution is 0.477. The first-order valence-corrected chi connectivity index (χ1v) is 6.32. The summed E-state index contributed by atoms with van der Waals surface area (Å²) < 4.78 is 5.67. The Morgan fingerprint density at radius 2 is 2.06 bits per heavy atom. The van der Waals surface area contributed by atoms with Crippen molar-refractivity contribution in [2.45, 2.75) is 33.7 Å². The van der Waals surface area contributed by atoms with Crippen molar-refractivity contribution in [1.29, 1.82) is 0 Å². The van der Waals surface area contributed by atoms with E-state index in [1.54, 1.807) is 0 Å². The van der Waals surface area contributed by atoms with Crippen LogP contribution in [0.1, 0.15) is 30.4 Å². The van der Waals surface area contributed by atoms with Gasteiger partial charge in [0.25, 0.3) is 0 Å². The molecule has 18 heavy (non-hydrogen) atoms. The molecular formula is C14H19N3O. The van der Waals surface area contributed by atoms with Crippen LogP contribution in [0.4, 0.5) is 0 Å². The average molecular weight is 245 g/mol. The van der Waals surface area contributed by atoms with E-state index >= 15 is 0 Å². The highest BCUT2D eigenvalue weighted by Gasteiger charge is 2.11. The van der Waals surface area contributed by atoms with Gasteiger partial charge in [-0.25, -0.2) is 0 Å². The van der Waals surface area contributed by atoms with Crippen LogP contribution in [0.25, 0.3) is 11.5 Å². The number of nitrogens with one attached hydrogen (secondary N) is 1. The quantitative estimate of drug-likeness (QED) is 0.823. The van der Waals surface area contributed by atoms with Crippen LogP contribution in [0.5, 0.6) is 0 Å². The van der Waals surface area contributed by atoms with Crippen LogP contribution < -0.4 is 5.32 Å². The lowest BCUT2D eigenvalue weighted by atomic mass is 10.0. The first-order chi connectivity index (χ1) is 8.72. The van der Waals surface area contributed by atoms with E-state index in [1.165, 1.54) is 11.1 Å². The van der Waals surface area contributed by atoms with E-state index < -0.39 is 0 Å². The summed E-state index contributed by atoms with van der Waals surface area (Å²) in [5.41, 5.74) is 3.44. The van der Waals surface area contributed by atoms with Crippen LogP contribution in [0.3, 0.4) is 0 Å². The lowest BCUT2D eigenvalue weighted by Gasteiger charge is -2.03. The lowest BCUT2D eigenvalue weighted by Crippen LogP contribution is -2.13. The molecule has 0 bridgehead atoms. The molecule has 0 saturated heterocycles. The van der Waals surface area contributed by atoms with Crippen molar-refractivity contribution in [2.75, 3.05) is 6.54 Å². The third kappa shape index (κ3) is 2.76. The molecule has 0 aliphatic carbocycles. The topological polar surface area (TPSA) is 51.0 Å². The zero-order valence-electron chi connectivity index (χ0n) is 11.2. The van der Waals surface area contributed by atoms with Crippen molar-refractivity contribution < 1.29 is 4.42 Å². The molecule has 0 fully saturated rings. The van der Waals surface area contributed by atoms with Gasteiger partial charge < -0.3 is 9.73 Å². The molecule has 1 aromatic carbocycles. The van der Waals surface area contributed by atoms with Crippen LogP contribution in [0.15, 0.2) is 22.6 Å². The number of nitrogens with zero attached hydrogens (tertiary/aromatic N) is 2. The minimum absolute atomic E-state index is 0.601. The Labute approximate surface area is 107 Å². The molecule has 0 saturated carbocycles. The SMILES string of the molecule is CCCNCc1nnc(-c2cccc(C)c2C)o1. The van der Waals surface area contributed by atoms with Gasteiger partial charge in [-0.1, -0.05) is 19.1 Å². The van der Waals surface area contributed by atoms with Crippen LogP contribution >= 0.6 is 0 Å². The number of aromatic nitrogens is 2. The van der Waals surface area contributed by atoms with Crippen molar-refractivity contribution in [3.63, 3.8) is 0 Å². The maximum atomic E-state index is 5.67. The van der Waals surface area contributed by atoms with E-state index in [9.17, 15) is 0 Å². The molecule has 1 aromatic heterocycles. The summed E-state index contributed by atoms with van der Waals surface area (Å²) in [6.07, 6.45) is 1.10. The largest absolute Gasteiger partial charge is 0.419 e. The zero-order chi connectivity index (χ0) is 13.0. The van der Waals surface area contributed by atoms with Crippen LogP contribution in [0, 0.1) is 13.8 Å². The molecule has 2 rings (SSSR count). The second-order valence-electron chi connectivity index (χ2n) is 4.43. The summed E-state index contributed by atoms with van der Waals surface area (Å²) in [6.45, 7) is 7.87. The molecule has 0 unspecified atom stereocenters. The van der Waals surface area contributed by atoms with E-state index in [2.05, 4.69) is 42.4 Å². The highest BCUT2D eigenvalue weighted by molar-refractivity contribution is 5.59. The number of hydrogen-bond acceptors (Lipinski definition) is 4. The Bertz CT molecular complexity index is 520. The molecule has 0 aliphatic rings. The van der Waals surface area contributed by atoms with E-state index in [-0.39, 0.29) is 0 Å². The van der Waals surface area contributed by atoms with E-state index in [1.807, 2.05) is 12.1 Å². The Kier molecular flexibility index (Phi) is 4.10. The summed E-state index contributed by atoms with van der Waals surface area (Å²) in [6, 6.07) is 6.11. The van der Waals surface area contributed by atoms with Gasteiger partial charge >= 0.3 is 0 Å². The van der Waals surface area contributed by atoms with Gasteiger partial charge in [0.2, 0.25) is 11.8 Å². The molecular weight excluding hydrogens is 226 g/mol. The predicted molar refractivity (Wildman–Crippen MR) is 71.2 cm³/mol. The van der Waals surface area contributed by atoms with E-state index in [0.29, 0.717) is 18.3 Å². The average Bonchev–Trinajstić information content (AvgIpc) is 2.82. The molecule has 96 valence electrons. The summed E-state index contributed by atoms with van der Waals surface area (Å²) in [4.78, 5) is 0. The van der Waals surface area contributed by atoms with Gasteiger partial charge in [-0.15, -0.1) is 10.2 Å². The highest BCUT2D eigenvalue weighted by atomic mass is 16.4. The van der Waals surface area contributed by atoms with E-state index in [4.69, 9.17) is 4.42 Å². The van der Waals surface area contributed by atoms with Crippen LogP contribution in [-0.2, 0) is 6.54 Å². The van der Waals surface area contributed by atoms with Gasteiger partial charge in [0.1, 0.15) is 0 Å². The Morgan fingerprint density at radius 3 is 2.83 bits per heavy atom. The molecule has 2 aromatic rings. The monoisotopic (exact) mass is 245 g/mol. The Morgan fingerprint density at radius 1 is 1.22 bits per heavy atom. The van der Waals surface area contributed by atoms with E-state index in [0.717, 1.165) is 18.5 Å². The van der Waals surface area contributed by atoms with Crippen LogP contribution in [-0.4, -0.2) is 16.7 Å². The van der Waals surface area contributed by atoms with Gasteiger partial charge in [-0.3, -0.25) is 0 Å². The number of hydrogen-bond donors (Lipinski definition) is 1. The van der Waals surface area contributed by atoms with Crippen molar-refractivity contribution in [3.05, 3.63) is 35.2 Å². The van der Waals surface area contributed by atoms with Gasteiger partial charge in [-0.2, -0.15) is 0 Å². The maximum absolute atomic E-state index is 5.67. The normalized spacial score (nSPS) is 10.8. The minimum Gasteiger partial charge on any atom is -0.419 e. The molecule has 0 aliphatic heterocycles. The van der Waals surface area contributed by atoms with Gasteiger partial charge in [0, 0.05) is 5.56 Å². The third-order valence-electron chi connectivity index (χ3n) is 3.00. The van der Waals surface area contributed by atoms with Gasteiger partial charge in [0.05, 0.1) is 6.54 Å². The first kappa shape index (κ1) is 12.8. The molecule has 4 nitrogen and oxygen atoms in total. The smallest absolute Gasteiger partial charge is 0.248 e. The summed E-state index contributed by atoms with van der Waals surface area (Å²) >= 11 is 0. The second kappa shape index (κ2) is 5.78. The minimum atomic E-state index is 0.601. The van der Waals surface area contributed by atoms with Crippen LogP contribution in [0.2, 0.25) is 0 Å². The standard InChI is InChI=1S/C14H19N3O/c1-4-8-15-9-13-16-17-14(18-13)12-7-5-6-10(2)11(12)3/h5-7,15H,4,8-9H2,1-3H3. The summed E-state index contributed by atoms with van der Waals surface area (Å²) in [5.74, 6) is 1.24. The Hall–Kier alpha value is -1.68. The third-order valence-corrected chi connectivity index (χ3v) is 3.00. The molecule has 0 spiro atoms. The number of benzene rings is 1. The fourth-order valence-electron chi connectivity index (χ4n) is 1.79. The maximum Gasteiger partial charge on any atom is 0.248 e. The molecule has 4 heteroatoms. The fraction of sp³-hybridized carbons (Fsp3) is 0.429. The molecule has 0 radical (unpaired) electrons. The fourth-order valence-corrected chi connectivity index (χ4v) is 1.79. The number of rotatable bonds is 5. The first-order valence-electron chi connectivity index (χ1n) is 6.32. The Balaban J connectivity index is 2.16. The van der Waals surface area contributed by atoms with Gasteiger partial charge in [0.15, 0.2) is 0 Å². The van der Waals surface area contributed by atoms with Crippen molar-refractivity contribution in [2.24, 2.45) is 0 Å². The predicted octanol–water partition coefficient (Wildman–Crippen LogP) is 2.85. The zero-order valence-corrected chi connectivity index (χ0v) is 11.2. The molecule has 0 amide bonds. The highest BCUT2D eigenvalue weighted by Crippen LogP contribution is 2.24. The van der Waals surface area contributed by atoms with Crippen molar-refractivity contribution in [3.8, 4) is 11.5 Å². The molecule has 0 atom stereocenters. The van der Waals surface area contributed by atoms with Crippen molar-refractivity contribution in [1.82, 2.24) is 15.5 Å². The van der Waals surface area contributed by atoms with Crippen molar-refractivity contribution >= 4 is 0 Å². The second-order valence-corrected chi connectivity index (χ2v) is 4.43. The molecule has 1 heterocycles. The summed E-state index contributed by atoms with van der Waals surface area (Å²) in [5, 5.41) is 11.4. The summed E-state index contributed by atoms with van der Waals surface area (Å²) in [7, 11) is 0. The number of aryl methyl sites for hydroxylation is 1. The van der Waals surface area contributed by atoms with Gasteiger partial charge in [-0.05, 0) is 44.0 Å².